The van der Waals surface area contributed by atoms with Gasteiger partial charge >= 0.3 is 6.03 Å². The molecule has 1 aromatic rings. The Balaban J connectivity index is 1.99. The molecule has 4 N–H and O–H groups in total. The smallest absolute Gasteiger partial charge is 0.314 e. The van der Waals surface area contributed by atoms with Crippen LogP contribution >= 0.6 is 0 Å². The highest BCUT2D eigenvalue weighted by molar-refractivity contribution is 5.94. The minimum Gasteiger partial charge on any atom is -0.399 e. The molecule has 6 heteroatoms. The van der Waals surface area contributed by atoms with Crippen LogP contribution in [0.3, 0.4) is 0 Å². The summed E-state index contributed by atoms with van der Waals surface area (Å²) in [4.78, 5) is 26.4. The maximum atomic E-state index is 12.1. The Hall–Kier alpha value is -2.24. The van der Waals surface area contributed by atoms with Gasteiger partial charge in [-0.3, -0.25) is 4.79 Å². The van der Waals surface area contributed by atoms with Crippen molar-refractivity contribution in [1.82, 2.24) is 9.80 Å². The molecule has 0 spiro atoms. The van der Waals surface area contributed by atoms with Crippen molar-refractivity contribution in [1.29, 1.82) is 0 Å². The maximum absolute atomic E-state index is 12.1. The first-order chi connectivity index (χ1) is 8.58. The lowest BCUT2D eigenvalue weighted by Crippen LogP contribution is -2.52. The van der Waals surface area contributed by atoms with Gasteiger partial charge in [-0.2, -0.15) is 0 Å². The van der Waals surface area contributed by atoms with Gasteiger partial charge in [0.25, 0.3) is 5.91 Å². The molecule has 0 aromatic heterocycles. The lowest BCUT2D eigenvalue weighted by molar-refractivity contribution is 0.0669. The Morgan fingerprint density at radius 1 is 0.944 bits per heavy atom. The van der Waals surface area contributed by atoms with E-state index < -0.39 is 6.03 Å². The first kappa shape index (κ1) is 12.2. The summed E-state index contributed by atoms with van der Waals surface area (Å²) >= 11 is 0. The molecule has 1 aliphatic heterocycles. The number of piperazine rings is 1. The Morgan fingerprint density at radius 2 is 1.44 bits per heavy atom. The number of carbonyl (C=O) groups excluding carboxylic acids is 2. The molecule has 0 aliphatic carbocycles. The summed E-state index contributed by atoms with van der Waals surface area (Å²) in [5.41, 5.74) is 12.0. The van der Waals surface area contributed by atoms with Crippen molar-refractivity contribution in [3.8, 4) is 0 Å². The molecule has 1 fully saturated rings. The number of urea groups is 1. The van der Waals surface area contributed by atoms with E-state index in [1.165, 1.54) is 4.90 Å². The fraction of sp³-hybridized carbons (Fsp3) is 0.333. The van der Waals surface area contributed by atoms with E-state index in [0.717, 1.165) is 0 Å². The lowest BCUT2D eigenvalue weighted by Gasteiger charge is -2.33. The summed E-state index contributed by atoms with van der Waals surface area (Å²) in [6.45, 7) is 1.98. The van der Waals surface area contributed by atoms with Crippen molar-refractivity contribution in [2.45, 2.75) is 0 Å². The van der Waals surface area contributed by atoms with Gasteiger partial charge in [0.2, 0.25) is 0 Å². The molecule has 0 unspecified atom stereocenters. The number of carbonyl (C=O) groups is 2. The molecule has 18 heavy (non-hydrogen) atoms. The van der Waals surface area contributed by atoms with Crippen LogP contribution in [0.5, 0.6) is 0 Å². The first-order valence-corrected chi connectivity index (χ1v) is 5.77. The molecule has 0 bridgehead atoms. The molecule has 2 rings (SSSR count). The largest absolute Gasteiger partial charge is 0.399 e. The third-order valence-corrected chi connectivity index (χ3v) is 3.04. The van der Waals surface area contributed by atoms with Gasteiger partial charge in [0.1, 0.15) is 0 Å². The van der Waals surface area contributed by atoms with E-state index in [4.69, 9.17) is 11.5 Å². The molecule has 1 heterocycles. The second-order valence-electron chi connectivity index (χ2n) is 4.24. The van der Waals surface area contributed by atoms with Crippen LogP contribution in [0, 0.1) is 0 Å². The summed E-state index contributed by atoms with van der Waals surface area (Å²) in [6.07, 6.45) is 0. The maximum Gasteiger partial charge on any atom is 0.314 e. The Kier molecular flexibility index (Phi) is 3.36. The van der Waals surface area contributed by atoms with Gasteiger partial charge in [-0.25, -0.2) is 4.79 Å². The fourth-order valence-electron chi connectivity index (χ4n) is 1.94. The van der Waals surface area contributed by atoms with Crippen LogP contribution in [-0.4, -0.2) is 47.9 Å². The molecule has 1 saturated heterocycles. The number of nitrogen functional groups attached to an aromatic ring is 1. The zero-order chi connectivity index (χ0) is 13.1. The third kappa shape index (κ3) is 2.53. The van der Waals surface area contributed by atoms with Crippen LogP contribution in [0.1, 0.15) is 10.4 Å². The fourth-order valence-corrected chi connectivity index (χ4v) is 1.94. The highest BCUT2D eigenvalue weighted by Crippen LogP contribution is 2.11. The number of hydrogen-bond acceptors (Lipinski definition) is 3. The van der Waals surface area contributed by atoms with Crippen molar-refractivity contribution in [3.63, 3.8) is 0 Å². The van der Waals surface area contributed by atoms with E-state index in [9.17, 15) is 9.59 Å². The van der Waals surface area contributed by atoms with E-state index in [0.29, 0.717) is 37.4 Å². The Bertz CT molecular complexity index is 450. The van der Waals surface area contributed by atoms with E-state index in [2.05, 4.69) is 0 Å². The number of rotatable bonds is 1. The molecule has 0 saturated carbocycles. The van der Waals surface area contributed by atoms with Gasteiger partial charge in [0.05, 0.1) is 0 Å². The summed E-state index contributed by atoms with van der Waals surface area (Å²) in [5.74, 6) is -0.0425. The SMILES string of the molecule is NC(=O)N1CCN(C(=O)c2ccc(N)cc2)CC1. The molecule has 6 nitrogen and oxygen atoms in total. The van der Waals surface area contributed by atoms with Gasteiger partial charge in [-0.1, -0.05) is 0 Å². The monoisotopic (exact) mass is 248 g/mol. The van der Waals surface area contributed by atoms with E-state index in [-0.39, 0.29) is 5.91 Å². The zero-order valence-corrected chi connectivity index (χ0v) is 10.0. The summed E-state index contributed by atoms with van der Waals surface area (Å²) in [6, 6.07) is 6.38. The van der Waals surface area contributed by atoms with Crippen LogP contribution < -0.4 is 11.5 Å². The second kappa shape index (κ2) is 4.95. The van der Waals surface area contributed by atoms with E-state index >= 15 is 0 Å². The van der Waals surface area contributed by atoms with Crippen LogP contribution in [-0.2, 0) is 0 Å². The molecule has 0 atom stereocenters. The normalized spacial score (nSPS) is 15.6. The van der Waals surface area contributed by atoms with Crippen LogP contribution in [0.25, 0.3) is 0 Å². The molecule has 3 amide bonds. The van der Waals surface area contributed by atoms with Gasteiger partial charge in [-0.05, 0) is 24.3 Å². The molecule has 1 aliphatic rings. The van der Waals surface area contributed by atoms with Crippen molar-refractivity contribution in [2.24, 2.45) is 5.73 Å². The topological polar surface area (TPSA) is 92.7 Å². The summed E-state index contributed by atoms with van der Waals surface area (Å²) in [5, 5.41) is 0. The summed E-state index contributed by atoms with van der Waals surface area (Å²) < 4.78 is 0. The molecule has 1 aromatic carbocycles. The van der Waals surface area contributed by atoms with Crippen molar-refractivity contribution >= 4 is 17.6 Å². The van der Waals surface area contributed by atoms with Gasteiger partial charge in [0, 0.05) is 37.4 Å². The van der Waals surface area contributed by atoms with Crippen molar-refractivity contribution < 1.29 is 9.59 Å². The Labute approximate surface area is 105 Å². The average molecular weight is 248 g/mol. The summed E-state index contributed by atoms with van der Waals surface area (Å²) in [7, 11) is 0. The molecular formula is C12H16N4O2. The van der Waals surface area contributed by atoms with E-state index in [1.54, 1.807) is 29.2 Å². The van der Waals surface area contributed by atoms with Crippen molar-refractivity contribution in [2.75, 3.05) is 31.9 Å². The zero-order valence-electron chi connectivity index (χ0n) is 10.0. The highest BCUT2D eigenvalue weighted by Gasteiger charge is 2.23. The number of amides is 3. The van der Waals surface area contributed by atoms with Crippen LogP contribution in [0.2, 0.25) is 0 Å². The minimum absolute atomic E-state index is 0.0425. The number of nitrogens with zero attached hydrogens (tertiary/aromatic N) is 2. The van der Waals surface area contributed by atoms with Gasteiger partial charge in [-0.15, -0.1) is 0 Å². The first-order valence-electron chi connectivity index (χ1n) is 5.77. The quantitative estimate of drug-likeness (QED) is 0.690. The third-order valence-electron chi connectivity index (χ3n) is 3.04. The Morgan fingerprint density at radius 3 is 1.94 bits per heavy atom. The van der Waals surface area contributed by atoms with Crippen LogP contribution in [0.15, 0.2) is 24.3 Å². The predicted molar refractivity (Wildman–Crippen MR) is 67.9 cm³/mol. The number of anilines is 1. The minimum atomic E-state index is -0.436. The lowest BCUT2D eigenvalue weighted by atomic mass is 10.1. The average Bonchev–Trinajstić information content (AvgIpc) is 2.39. The van der Waals surface area contributed by atoms with Crippen LogP contribution in [0.4, 0.5) is 10.5 Å². The second-order valence-corrected chi connectivity index (χ2v) is 4.24. The number of primary amides is 1. The number of benzene rings is 1. The van der Waals surface area contributed by atoms with Crippen molar-refractivity contribution in [3.05, 3.63) is 29.8 Å². The molecule has 0 radical (unpaired) electrons. The highest BCUT2D eigenvalue weighted by atomic mass is 16.2. The van der Waals surface area contributed by atoms with Gasteiger partial charge < -0.3 is 21.3 Å². The van der Waals surface area contributed by atoms with E-state index in [1.807, 2.05) is 0 Å². The molecule has 96 valence electrons. The predicted octanol–water partition coefficient (Wildman–Crippen LogP) is 0.105. The standard InChI is InChI=1S/C12H16N4O2/c13-10-3-1-9(2-4-10)11(17)15-5-7-16(8-6-15)12(14)18/h1-4H,5-8,13H2,(H2,14,18). The number of nitrogens with two attached hydrogens (primary N) is 2. The number of hydrogen-bond donors (Lipinski definition) is 2. The van der Waals surface area contributed by atoms with Gasteiger partial charge in [0.15, 0.2) is 0 Å². The molecular weight excluding hydrogens is 232 g/mol.